The summed E-state index contributed by atoms with van der Waals surface area (Å²) in [5.41, 5.74) is 1.74. The second-order valence-electron chi connectivity index (χ2n) is 10.4. The fourth-order valence-electron chi connectivity index (χ4n) is 4.89. The van der Waals surface area contributed by atoms with Gasteiger partial charge >= 0.3 is 11.9 Å². The monoisotopic (exact) mass is 532 g/mol. The molecule has 3 aromatic carbocycles. The Morgan fingerprint density at radius 3 is 1.79 bits per heavy atom. The average Bonchev–Trinajstić information content (AvgIpc) is 3.41. The number of carbonyl (C=O) groups is 2. The normalized spacial score (nSPS) is 18.5. The number of benzene rings is 3. The third-order valence-electron chi connectivity index (χ3n) is 6.49. The molecule has 6 nitrogen and oxygen atoms in total. The van der Waals surface area contributed by atoms with Crippen LogP contribution in [-0.4, -0.2) is 47.9 Å². The van der Waals surface area contributed by atoms with Crippen LogP contribution in [0.15, 0.2) is 91.0 Å². The Labute approximate surface area is 229 Å². The van der Waals surface area contributed by atoms with Crippen LogP contribution in [0.5, 0.6) is 0 Å². The second kappa shape index (κ2) is 12.2. The maximum absolute atomic E-state index is 13.2. The van der Waals surface area contributed by atoms with Crippen LogP contribution in [0.25, 0.3) is 0 Å². The Bertz CT molecular complexity index is 1100. The molecule has 0 spiro atoms. The van der Waals surface area contributed by atoms with Crippen molar-refractivity contribution in [1.82, 2.24) is 10.6 Å². The molecular formula is C31H36N2O4S. The highest BCUT2D eigenvalue weighted by Crippen LogP contribution is 2.39. The standard InChI is InChI=1S/C31H36N2O4S/c1-30(2,3)37-27(34)20-25(28-32-26(21-38-28)29(35)36-4)33-31(22-14-8-5-9-15-22,23-16-10-6-11-17-23)24-18-12-7-13-19-24/h5-19,25-26,28,32-33H,20-21H2,1-4H3/t25-,26-,28+/m0/s1. The van der Waals surface area contributed by atoms with E-state index >= 15 is 0 Å². The Morgan fingerprint density at radius 2 is 1.37 bits per heavy atom. The van der Waals surface area contributed by atoms with Gasteiger partial charge in [-0.2, -0.15) is 0 Å². The van der Waals surface area contributed by atoms with E-state index in [1.54, 1.807) is 11.8 Å². The van der Waals surface area contributed by atoms with Gasteiger partial charge in [-0.3, -0.25) is 20.2 Å². The minimum Gasteiger partial charge on any atom is -0.468 e. The third-order valence-corrected chi connectivity index (χ3v) is 7.84. The van der Waals surface area contributed by atoms with E-state index in [0.717, 1.165) is 16.7 Å². The molecule has 1 aliphatic heterocycles. The lowest BCUT2D eigenvalue weighted by Crippen LogP contribution is -2.57. The zero-order valence-corrected chi connectivity index (χ0v) is 23.2. The first-order valence-corrected chi connectivity index (χ1v) is 13.9. The van der Waals surface area contributed by atoms with Gasteiger partial charge in [-0.25, -0.2) is 0 Å². The largest absolute Gasteiger partial charge is 0.468 e. The molecule has 1 heterocycles. The van der Waals surface area contributed by atoms with Gasteiger partial charge in [0, 0.05) is 11.8 Å². The molecular weight excluding hydrogens is 496 g/mol. The van der Waals surface area contributed by atoms with Crippen molar-refractivity contribution in [3.05, 3.63) is 108 Å². The van der Waals surface area contributed by atoms with Gasteiger partial charge in [0.1, 0.15) is 11.6 Å². The molecule has 0 unspecified atom stereocenters. The van der Waals surface area contributed by atoms with Gasteiger partial charge in [0.25, 0.3) is 0 Å². The number of esters is 2. The van der Waals surface area contributed by atoms with Crippen LogP contribution in [-0.2, 0) is 24.6 Å². The van der Waals surface area contributed by atoms with Gasteiger partial charge in [-0.1, -0.05) is 91.0 Å². The zero-order valence-electron chi connectivity index (χ0n) is 22.3. The first kappa shape index (κ1) is 27.9. The van der Waals surface area contributed by atoms with E-state index in [1.807, 2.05) is 75.4 Å². The van der Waals surface area contributed by atoms with Crippen molar-refractivity contribution in [1.29, 1.82) is 0 Å². The molecule has 4 rings (SSSR count). The van der Waals surface area contributed by atoms with E-state index in [4.69, 9.17) is 9.47 Å². The Morgan fingerprint density at radius 1 is 0.895 bits per heavy atom. The second-order valence-corrected chi connectivity index (χ2v) is 11.6. The molecule has 1 fully saturated rings. The minimum atomic E-state index is -0.776. The summed E-state index contributed by atoms with van der Waals surface area (Å²) < 4.78 is 10.7. The smallest absolute Gasteiger partial charge is 0.323 e. The van der Waals surface area contributed by atoms with Gasteiger partial charge in [0.15, 0.2) is 0 Å². The van der Waals surface area contributed by atoms with Crippen molar-refractivity contribution in [2.45, 2.75) is 55.8 Å². The molecule has 0 amide bonds. The molecule has 0 radical (unpaired) electrons. The lowest BCUT2D eigenvalue weighted by molar-refractivity contribution is -0.155. The van der Waals surface area contributed by atoms with Crippen molar-refractivity contribution in [3.8, 4) is 0 Å². The number of methoxy groups -OCH3 is 1. The Balaban J connectivity index is 1.83. The third kappa shape index (κ3) is 6.46. The van der Waals surface area contributed by atoms with E-state index in [1.165, 1.54) is 7.11 Å². The molecule has 1 aliphatic rings. The number of rotatable bonds is 9. The van der Waals surface area contributed by atoms with Crippen molar-refractivity contribution in [2.24, 2.45) is 0 Å². The van der Waals surface area contributed by atoms with Gasteiger partial charge in [-0.15, -0.1) is 11.8 Å². The number of carbonyl (C=O) groups excluding carboxylic acids is 2. The van der Waals surface area contributed by atoms with Crippen molar-refractivity contribution >= 4 is 23.7 Å². The minimum absolute atomic E-state index is 0.115. The molecule has 1 saturated heterocycles. The van der Waals surface area contributed by atoms with E-state index in [-0.39, 0.29) is 29.8 Å². The predicted octanol–water partition coefficient (Wildman–Crippen LogP) is 4.87. The van der Waals surface area contributed by atoms with Gasteiger partial charge in [0.2, 0.25) is 0 Å². The van der Waals surface area contributed by atoms with Crippen molar-refractivity contribution in [3.63, 3.8) is 0 Å². The summed E-state index contributed by atoms with van der Waals surface area (Å²) in [6, 6.07) is 29.9. The number of thioether (sulfide) groups is 1. The molecule has 0 aliphatic carbocycles. The summed E-state index contributed by atoms with van der Waals surface area (Å²) in [7, 11) is 1.39. The van der Waals surface area contributed by atoms with Crippen LogP contribution in [0.1, 0.15) is 43.9 Å². The first-order chi connectivity index (χ1) is 18.2. The summed E-state index contributed by atoms with van der Waals surface area (Å²) in [6.07, 6.45) is 0.115. The van der Waals surface area contributed by atoms with E-state index < -0.39 is 17.2 Å². The van der Waals surface area contributed by atoms with E-state index in [2.05, 4.69) is 47.0 Å². The number of ether oxygens (including phenoxy) is 2. The Kier molecular flexibility index (Phi) is 8.92. The molecule has 38 heavy (non-hydrogen) atoms. The summed E-state index contributed by atoms with van der Waals surface area (Å²) in [4.78, 5) is 25.5. The Hall–Kier alpha value is -3.13. The fraction of sp³-hybridized carbons (Fsp3) is 0.355. The molecule has 0 aromatic heterocycles. The topological polar surface area (TPSA) is 76.7 Å². The van der Waals surface area contributed by atoms with Crippen molar-refractivity contribution in [2.75, 3.05) is 12.9 Å². The van der Waals surface area contributed by atoms with Gasteiger partial charge in [-0.05, 0) is 37.5 Å². The van der Waals surface area contributed by atoms with E-state index in [0.29, 0.717) is 5.75 Å². The van der Waals surface area contributed by atoms with Crippen molar-refractivity contribution < 1.29 is 19.1 Å². The number of hydrogen-bond acceptors (Lipinski definition) is 7. The molecule has 0 saturated carbocycles. The number of nitrogens with one attached hydrogen (secondary N) is 2. The molecule has 3 atom stereocenters. The highest BCUT2D eigenvalue weighted by Gasteiger charge is 2.43. The average molecular weight is 533 g/mol. The van der Waals surface area contributed by atoms with Gasteiger partial charge < -0.3 is 9.47 Å². The van der Waals surface area contributed by atoms with Crippen LogP contribution >= 0.6 is 11.8 Å². The van der Waals surface area contributed by atoms with Crippen LogP contribution in [0.4, 0.5) is 0 Å². The summed E-state index contributed by atoms with van der Waals surface area (Å²) >= 11 is 1.61. The molecule has 7 heteroatoms. The number of hydrogen-bond donors (Lipinski definition) is 2. The summed E-state index contributed by atoms with van der Waals surface area (Å²) in [5.74, 6) is -0.0581. The molecule has 3 aromatic rings. The first-order valence-electron chi connectivity index (χ1n) is 12.8. The summed E-state index contributed by atoms with van der Waals surface area (Å²) in [6.45, 7) is 5.60. The maximum Gasteiger partial charge on any atom is 0.323 e. The lowest BCUT2D eigenvalue weighted by Gasteiger charge is -2.41. The zero-order chi connectivity index (χ0) is 27.2. The molecule has 2 N–H and O–H groups in total. The molecule has 0 bridgehead atoms. The van der Waals surface area contributed by atoms with Crippen LogP contribution < -0.4 is 10.6 Å². The quantitative estimate of drug-likeness (QED) is 0.301. The van der Waals surface area contributed by atoms with E-state index in [9.17, 15) is 9.59 Å². The fourth-order valence-corrected chi connectivity index (χ4v) is 6.18. The highest BCUT2D eigenvalue weighted by atomic mass is 32.2. The lowest BCUT2D eigenvalue weighted by atomic mass is 9.76. The SMILES string of the molecule is COC(=O)[C@@H]1CS[C@H]([C@H](CC(=O)OC(C)(C)C)NC(c2ccccc2)(c2ccccc2)c2ccccc2)N1. The van der Waals surface area contributed by atoms with Crippen LogP contribution in [0.2, 0.25) is 0 Å². The predicted molar refractivity (Wildman–Crippen MR) is 152 cm³/mol. The maximum atomic E-state index is 13.2. The highest BCUT2D eigenvalue weighted by molar-refractivity contribution is 8.00. The van der Waals surface area contributed by atoms with Gasteiger partial charge in [0.05, 0.1) is 24.4 Å². The molecule has 200 valence electrons. The van der Waals surface area contributed by atoms with Crippen LogP contribution in [0, 0.1) is 0 Å². The van der Waals surface area contributed by atoms with Crippen LogP contribution in [0.3, 0.4) is 0 Å². The summed E-state index contributed by atoms with van der Waals surface area (Å²) in [5, 5.41) is 7.09.